The lowest BCUT2D eigenvalue weighted by atomic mass is 9.96. The first-order valence-corrected chi connectivity index (χ1v) is 7.17. The minimum absolute atomic E-state index is 0.143. The molecule has 2 atom stereocenters. The van der Waals surface area contributed by atoms with Crippen LogP contribution in [0.2, 0.25) is 0 Å². The van der Waals surface area contributed by atoms with Crippen LogP contribution in [0.3, 0.4) is 0 Å². The van der Waals surface area contributed by atoms with E-state index in [0.29, 0.717) is 11.8 Å². The fourth-order valence-electron chi connectivity index (χ4n) is 2.71. The zero-order chi connectivity index (χ0) is 13.8. The highest BCUT2D eigenvalue weighted by molar-refractivity contribution is 5.79. The van der Waals surface area contributed by atoms with Gasteiger partial charge in [0.15, 0.2) is 0 Å². The zero-order valence-corrected chi connectivity index (χ0v) is 12.1. The molecule has 1 amide bonds. The van der Waals surface area contributed by atoms with Crippen molar-refractivity contribution >= 4 is 5.91 Å². The number of hydrogen-bond donors (Lipinski definition) is 1. The third-order valence-electron chi connectivity index (χ3n) is 4.15. The number of carbonyl (C=O) groups is 1. The Balaban J connectivity index is 2.08. The lowest BCUT2D eigenvalue weighted by Crippen LogP contribution is -2.38. The van der Waals surface area contributed by atoms with Gasteiger partial charge >= 0.3 is 0 Å². The first-order chi connectivity index (χ1) is 9.13. The summed E-state index contributed by atoms with van der Waals surface area (Å²) in [7, 11) is 0. The van der Waals surface area contributed by atoms with E-state index >= 15 is 0 Å². The maximum absolute atomic E-state index is 12.6. The summed E-state index contributed by atoms with van der Waals surface area (Å²) in [5, 5.41) is 3.31. The largest absolute Gasteiger partial charge is 0.338 e. The zero-order valence-electron chi connectivity index (χ0n) is 12.1. The Labute approximate surface area is 116 Å². The van der Waals surface area contributed by atoms with Crippen LogP contribution in [0.1, 0.15) is 25.0 Å². The van der Waals surface area contributed by atoms with E-state index in [4.69, 9.17) is 0 Å². The standard InChI is InChI=1S/C16H24N2O/c1-4-18(11-14-8-6-5-7-12(14)2)16(19)15-10-17-9-13(15)3/h5-8,13,15,17H,4,9-11H2,1-3H3/t13-,15-/m1/s1. The van der Waals surface area contributed by atoms with E-state index in [1.165, 1.54) is 11.1 Å². The lowest BCUT2D eigenvalue weighted by Gasteiger charge is -2.26. The smallest absolute Gasteiger partial charge is 0.227 e. The molecule has 0 spiro atoms. The molecule has 1 aliphatic rings. The second-order valence-corrected chi connectivity index (χ2v) is 5.52. The molecular formula is C16H24N2O. The van der Waals surface area contributed by atoms with E-state index in [0.717, 1.165) is 26.2 Å². The number of carbonyl (C=O) groups excluding carboxylic acids is 1. The number of amides is 1. The number of aryl methyl sites for hydroxylation is 1. The topological polar surface area (TPSA) is 32.3 Å². The average molecular weight is 260 g/mol. The van der Waals surface area contributed by atoms with Gasteiger partial charge in [0.2, 0.25) is 5.91 Å². The molecule has 1 aliphatic heterocycles. The number of benzene rings is 1. The van der Waals surface area contributed by atoms with Crippen LogP contribution in [-0.4, -0.2) is 30.4 Å². The Morgan fingerprint density at radius 1 is 1.37 bits per heavy atom. The van der Waals surface area contributed by atoms with Gasteiger partial charge in [-0.2, -0.15) is 0 Å². The molecule has 0 aromatic heterocycles. The van der Waals surface area contributed by atoms with Gasteiger partial charge in [0.1, 0.15) is 0 Å². The Morgan fingerprint density at radius 3 is 2.68 bits per heavy atom. The fourth-order valence-corrected chi connectivity index (χ4v) is 2.71. The highest BCUT2D eigenvalue weighted by atomic mass is 16.2. The fraction of sp³-hybridized carbons (Fsp3) is 0.562. The highest BCUT2D eigenvalue weighted by Crippen LogP contribution is 2.20. The van der Waals surface area contributed by atoms with Crippen LogP contribution in [0, 0.1) is 18.8 Å². The first-order valence-electron chi connectivity index (χ1n) is 7.17. The van der Waals surface area contributed by atoms with Gasteiger partial charge < -0.3 is 10.2 Å². The summed E-state index contributed by atoms with van der Waals surface area (Å²) in [4.78, 5) is 14.6. The van der Waals surface area contributed by atoms with Crippen LogP contribution in [-0.2, 0) is 11.3 Å². The third-order valence-corrected chi connectivity index (χ3v) is 4.15. The second kappa shape index (κ2) is 6.20. The minimum atomic E-state index is 0.143. The quantitative estimate of drug-likeness (QED) is 0.900. The van der Waals surface area contributed by atoms with Crippen molar-refractivity contribution in [1.29, 1.82) is 0 Å². The monoisotopic (exact) mass is 260 g/mol. The molecule has 3 heteroatoms. The van der Waals surface area contributed by atoms with Crippen LogP contribution in [0.15, 0.2) is 24.3 Å². The molecule has 0 unspecified atom stereocenters. The summed E-state index contributed by atoms with van der Waals surface area (Å²) in [6.07, 6.45) is 0. The molecule has 0 saturated carbocycles. The van der Waals surface area contributed by atoms with Crippen LogP contribution < -0.4 is 5.32 Å². The van der Waals surface area contributed by atoms with Crippen LogP contribution in [0.5, 0.6) is 0 Å². The predicted octanol–water partition coefficient (Wildman–Crippen LogP) is 2.20. The van der Waals surface area contributed by atoms with Gasteiger partial charge in [-0.05, 0) is 37.4 Å². The van der Waals surface area contributed by atoms with Crippen molar-refractivity contribution in [2.45, 2.75) is 27.3 Å². The number of hydrogen-bond acceptors (Lipinski definition) is 2. The van der Waals surface area contributed by atoms with Gasteiger partial charge in [0.25, 0.3) is 0 Å². The van der Waals surface area contributed by atoms with Gasteiger partial charge in [-0.3, -0.25) is 4.79 Å². The van der Waals surface area contributed by atoms with E-state index in [1.54, 1.807) is 0 Å². The molecular weight excluding hydrogens is 236 g/mol. The maximum atomic E-state index is 12.6. The normalized spacial score (nSPS) is 22.5. The van der Waals surface area contributed by atoms with E-state index < -0.39 is 0 Å². The summed E-state index contributed by atoms with van der Waals surface area (Å²) in [5.74, 6) is 0.880. The summed E-state index contributed by atoms with van der Waals surface area (Å²) >= 11 is 0. The average Bonchev–Trinajstić information content (AvgIpc) is 2.83. The lowest BCUT2D eigenvalue weighted by molar-refractivity contribution is -0.136. The van der Waals surface area contributed by atoms with Crippen molar-refractivity contribution in [1.82, 2.24) is 10.2 Å². The van der Waals surface area contributed by atoms with E-state index in [-0.39, 0.29) is 5.92 Å². The van der Waals surface area contributed by atoms with Gasteiger partial charge in [-0.15, -0.1) is 0 Å². The van der Waals surface area contributed by atoms with E-state index in [1.807, 2.05) is 17.0 Å². The van der Waals surface area contributed by atoms with E-state index in [2.05, 4.69) is 38.2 Å². The van der Waals surface area contributed by atoms with Gasteiger partial charge in [-0.25, -0.2) is 0 Å². The van der Waals surface area contributed by atoms with Crippen LogP contribution in [0.25, 0.3) is 0 Å². The molecule has 0 radical (unpaired) electrons. The van der Waals surface area contributed by atoms with Crippen LogP contribution in [0.4, 0.5) is 0 Å². The second-order valence-electron chi connectivity index (χ2n) is 5.52. The van der Waals surface area contributed by atoms with Crippen molar-refractivity contribution in [3.05, 3.63) is 35.4 Å². The Kier molecular flexibility index (Phi) is 4.59. The number of rotatable bonds is 4. The Hall–Kier alpha value is -1.35. The van der Waals surface area contributed by atoms with Crippen molar-refractivity contribution in [3.63, 3.8) is 0 Å². The number of nitrogens with zero attached hydrogens (tertiary/aromatic N) is 1. The molecule has 1 aromatic carbocycles. The van der Waals surface area contributed by atoms with Crippen molar-refractivity contribution in [2.24, 2.45) is 11.8 Å². The summed E-state index contributed by atoms with van der Waals surface area (Å²) in [6.45, 7) is 9.60. The third kappa shape index (κ3) is 3.16. The highest BCUT2D eigenvalue weighted by Gasteiger charge is 2.32. The van der Waals surface area contributed by atoms with Gasteiger partial charge in [-0.1, -0.05) is 31.2 Å². The molecule has 1 aromatic rings. The molecule has 0 aliphatic carbocycles. The molecule has 1 N–H and O–H groups in total. The molecule has 1 heterocycles. The Bertz CT molecular complexity index is 444. The molecule has 3 nitrogen and oxygen atoms in total. The van der Waals surface area contributed by atoms with Crippen molar-refractivity contribution in [2.75, 3.05) is 19.6 Å². The molecule has 19 heavy (non-hydrogen) atoms. The maximum Gasteiger partial charge on any atom is 0.227 e. The Morgan fingerprint density at radius 2 is 2.11 bits per heavy atom. The summed E-state index contributed by atoms with van der Waals surface area (Å²) in [6, 6.07) is 8.30. The summed E-state index contributed by atoms with van der Waals surface area (Å²) in [5.41, 5.74) is 2.50. The molecule has 1 fully saturated rings. The number of nitrogens with one attached hydrogen (secondary N) is 1. The van der Waals surface area contributed by atoms with E-state index in [9.17, 15) is 4.79 Å². The van der Waals surface area contributed by atoms with Crippen molar-refractivity contribution in [3.8, 4) is 0 Å². The molecule has 1 saturated heterocycles. The molecule has 104 valence electrons. The molecule has 0 bridgehead atoms. The first kappa shape index (κ1) is 14.1. The SMILES string of the molecule is CCN(Cc1ccccc1C)C(=O)[C@@H]1CNC[C@H]1C. The minimum Gasteiger partial charge on any atom is -0.338 e. The van der Waals surface area contributed by atoms with Crippen molar-refractivity contribution < 1.29 is 4.79 Å². The van der Waals surface area contributed by atoms with Crippen LogP contribution >= 0.6 is 0 Å². The molecule has 2 rings (SSSR count). The predicted molar refractivity (Wildman–Crippen MR) is 77.8 cm³/mol. The van der Waals surface area contributed by atoms with Gasteiger partial charge in [0.05, 0.1) is 5.92 Å². The summed E-state index contributed by atoms with van der Waals surface area (Å²) < 4.78 is 0. The van der Waals surface area contributed by atoms with Gasteiger partial charge in [0, 0.05) is 19.6 Å².